The maximum Gasteiger partial charge on any atom is 0.251 e. The SMILES string of the molecule is CCCCNC(=O)c1ccc(NC(=O)CNc2cccc(Cl)c2)cc1. The van der Waals surface area contributed by atoms with Crippen molar-refractivity contribution in [1.82, 2.24) is 5.32 Å². The number of benzene rings is 2. The molecule has 0 spiro atoms. The van der Waals surface area contributed by atoms with Gasteiger partial charge in [-0.1, -0.05) is 31.0 Å². The van der Waals surface area contributed by atoms with Crippen LogP contribution in [-0.2, 0) is 4.79 Å². The van der Waals surface area contributed by atoms with Crippen LogP contribution in [0.3, 0.4) is 0 Å². The first-order valence-electron chi connectivity index (χ1n) is 8.26. The van der Waals surface area contributed by atoms with E-state index in [1.165, 1.54) is 0 Å². The molecule has 0 aromatic heterocycles. The second-order valence-electron chi connectivity index (χ2n) is 5.60. The van der Waals surface area contributed by atoms with Gasteiger partial charge in [0, 0.05) is 28.5 Å². The van der Waals surface area contributed by atoms with Crippen molar-refractivity contribution >= 4 is 34.8 Å². The van der Waals surface area contributed by atoms with Gasteiger partial charge < -0.3 is 16.0 Å². The van der Waals surface area contributed by atoms with E-state index in [1.54, 1.807) is 36.4 Å². The zero-order valence-electron chi connectivity index (χ0n) is 14.1. The maximum atomic E-state index is 12.0. The summed E-state index contributed by atoms with van der Waals surface area (Å²) in [5, 5.41) is 9.25. The van der Waals surface area contributed by atoms with Crippen LogP contribution >= 0.6 is 11.6 Å². The number of rotatable bonds is 8. The first-order valence-corrected chi connectivity index (χ1v) is 8.64. The third-order valence-electron chi connectivity index (χ3n) is 3.52. The van der Waals surface area contributed by atoms with Crippen molar-refractivity contribution in [3.05, 3.63) is 59.1 Å². The summed E-state index contributed by atoms with van der Waals surface area (Å²) in [6, 6.07) is 14.0. The Bertz CT molecular complexity index is 717. The average Bonchev–Trinajstić information content (AvgIpc) is 2.61. The minimum absolute atomic E-state index is 0.103. The predicted molar refractivity (Wildman–Crippen MR) is 102 cm³/mol. The Kier molecular flexibility index (Phi) is 7.29. The van der Waals surface area contributed by atoms with Gasteiger partial charge in [-0.3, -0.25) is 9.59 Å². The van der Waals surface area contributed by atoms with Crippen LogP contribution in [0.2, 0.25) is 5.02 Å². The molecular formula is C19H22ClN3O2. The van der Waals surface area contributed by atoms with Crippen molar-refractivity contribution < 1.29 is 9.59 Å². The molecule has 0 atom stereocenters. The summed E-state index contributed by atoms with van der Waals surface area (Å²) in [7, 11) is 0. The lowest BCUT2D eigenvalue weighted by atomic mass is 10.2. The van der Waals surface area contributed by atoms with E-state index in [0.717, 1.165) is 18.5 Å². The predicted octanol–water partition coefficient (Wildman–Crippen LogP) is 3.92. The number of nitrogens with one attached hydrogen (secondary N) is 3. The molecule has 132 valence electrons. The summed E-state index contributed by atoms with van der Waals surface area (Å²) in [4.78, 5) is 23.9. The molecule has 2 amide bonds. The molecule has 0 saturated heterocycles. The van der Waals surface area contributed by atoms with Crippen molar-refractivity contribution in [3.8, 4) is 0 Å². The first-order chi connectivity index (χ1) is 12.1. The lowest BCUT2D eigenvalue weighted by Crippen LogP contribution is -2.24. The van der Waals surface area contributed by atoms with Crippen LogP contribution in [0.4, 0.5) is 11.4 Å². The second kappa shape index (κ2) is 9.69. The Balaban J connectivity index is 1.81. The van der Waals surface area contributed by atoms with Crippen molar-refractivity contribution in [2.75, 3.05) is 23.7 Å². The molecule has 0 radical (unpaired) electrons. The summed E-state index contributed by atoms with van der Waals surface area (Å²) in [5.41, 5.74) is 2.00. The molecule has 2 aromatic carbocycles. The van der Waals surface area contributed by atoms with E-state index in [1.807, 2.05) is 12.1 Å². The fourth-order valence-electron chi connectivity index (χ4n) is 2.17. The Morgan fingerprint density at radius 3 is 2.48 bits per heavy atom. The van der Waals surface area contributed by atoms with Crippen LogP contribution in [0.25, 0.3) is 0 Å². The molecule has 3 N–H and O–H groups in total. The van der Waals surface area contributed by atoms with Gasteiger partial charge >= 0.3 is 0 Å². The molecule has 0 aliphatic carbocycles. The number of unbranched alkanes of at least 4 members (excludes halogenated alkanes) is 1. The monoisotopic (exact) mass is 359 g/mol. The van der Waals surface area contributed by atoms with Gasteiger partial charge in [-0.25, -0.2) is 0 Å². The lowest BCUT2D eigenvalue weighted by molar-refractivity contribution is -0.114. The van der Waals surface area contributed by atoms with Crippen LogP contribution in [0, 0.1) is 0 Å². The van der Waals surface area contributed by atoms with Gasteiger partial charge in [0.1, 0.15) is 0 Å². The van der Waals surface area contributed by atoms with Crippen molar-refractivity contribution in [3.63, 3.8) is 0 Å². The van der Waals surface area contributed by atoms with E-state index in [9.17, 15) is 9.59 Å². The third kappa shape index (κ3) is 6.47. The van der Waals surface area contributed by atoms with Gasteiger partial charge in [-0.2, -0.15) is 0 Å². The molecule has 0 aliphatic rings. The van der Waals surface area contributed by atoms with Crippen LogP contribution in [0.1, 0.15) is 30.1 Å². The van der Waals surface area contributed by atoms with E-state index in [2.05, 4.69) is 22.9 Å². The van der Waals surface area contributed by atoms with Crippen molar-refractivity contribution in [2.24, 2.45) is 0 Å². The molecule has 6 heteroatoms. The quantitative estimate of drug-likeness (QED) is 0.625. The molecule has 0 saturated carbocycles. The van der Waals surface area contributed by atoms with E-state index < -0.39 is 0 Å². The first kappa shape index (κ1) is 18.8. The topological polar surface area (TPSA) is 70.2 Å². The fourth-order valence-corrected chi connectivity index (χ4v) is 2.36. The second-order valence-corrected chi connectivity index (χ2v) is 6.04. The van der Waals surface area contributed by atoms with Gasteiger partial charge in [0.25, 0.3) is 5.91 Å². The number of carbonyl (C=O) groups excluding carboxylic acids is 2. The normalized spacial score (nSPS) is 10.2. The molecule has 0 fully saturated rings. The highest BCUT2D eigenvalue weighted by atomic mass is 35.5. The molecule has 2 rings (SSSR count). The van der Waals surface area contributed by atoms with Gasteiger partial charge in [0.15, 0.2) is 0 Å². The lowest BCUT2D eigenvalue weighted by Gasteiger charge is -2.09. The zero-order chi connectivity index (χ0) is 18.1. The third-order valence-corrected chi connectivity index (χ3v) is 3.76. The summed E-state index contributed by atoms with van der Waals surface area (Å²) in [5.74, 6) is -0.283. The molecule has 5 nitrogen and oxygen atoms in total. The van der Waals surface area contributed by atoms with Gasteiger partial charge in [-0.15, -0.1) is 0 Å². The molecule has 2 aromatic rings. The highest BCUT2D eigenvalue weighted by Gasteiger charge is 2.06. The zero-order valence-corrected chi connectivity index (χ0v) is 14.9. The summed E-state index contributed by atoms with van der Waals surface area (Å²) in [6.07, 6.45) is 1.99. The minimum Gasteiger partial charge on any atom is -0.376 e. The number of carbonyl (C=O) groups is 2. The maximum absolute atomic E-state index is 12.0. The molecule has 0 aliphatic heterocycles. The molecule has 0 unspecified atom stereocenters. The number of halogens is 1. The summed E-state index contributed by atoms with van der Waals surface area (Å²) < 4.78 is 0. The Morgan fingerprint density at radius 2 is 1.80 bits per heavy atom. The highest BCUT2D eigenvalue weighted by Crippen LogP contribution is 2.15. The molecule has 0 heterocycles. The fraction of sp³-hybridized carbons (Fsp3) is 0.263. The van der Waals surface area contributed by atoms with Gasteiger partial charge in [-0.05, 0) is 48.9 Å². The molecular weight excluding hydrogens is 338 g/mol. The smallest absolute Gasteiger partial charge is 0.251 e. The van der Waals surface area contributed by atoms with E-state index in [4.69, 9.17) is 11.6 Å². The average molecular weight is 360 g/mol. The van der Waals surface area contributed by atoms with Crippen LogP contribution in [0.15, 0.2) is 48.5 Å². The number of anilines is 2. The van der Waals surface area contributed by atoms with E-state index in [-0.39, 0.29) is 18.4 Å². The summed E-state index contributed by atoms with van der Waals surface area (Å²) in [6.45, 7) is 2.87. The van der Waals surface area contributed by atoms with Gasteiger partial charge in [0.2, 0.25) is 5.91 Å². The van der Waals surface area contributed by atoms with Crippen molar-refractivity contribution in [2.45, 2.75) is 19.8 Å². The van der Waals surface area contributed by atoms with Crippen LogP contribution in [0.5, 0.6) is 0 Å². The standard InChI is InChI=1S/C19H22ClN3O2/c1-2-3-11-21-19(25)14-7-9-16(10-8-14)23-18(24)13-22-17-6-4-5-15(20)12-17/h4-10,12,22H,2-3,11,13H2,1H3,(H,21,25)(H,23,24). The van der Waals surface area contributed by atoms with Gasteiger partial charge in [0.05, 0.1) is 6.54 Å². The number of hydrogen-bond acceptors (Lipinski definition) is 3. The van der Waals surface area contributed by atoms with E-state index >= 15 is 0 Å². The Morgan fingerprint density at radius 1 is 1.04 bits per heavy atom. The number of amides is 2. The van der Waals surface area contributed by atoms with Crippen molar-refractivity contribution in [1.29, 1.82) is 0 Å². The summed E-state index contributed by atoms with van der Waals surface area (Å²) >= 11 is 5.90. The van der Waals surface area contributed by atoms with Crippen LogP contribution in [-0.4, -0.2) is 24.9 Å². The van der Waals surface area contributed by atoms with Crippen LogP contribution < -0.4 is 16.0 Å². The van der Waals surface area contributed by atoms with E-state index in [0.29, 0.717) is 22.8 Å². The minimum atomic E-state index is -0.180. The molecule has 25 heavy (non-hydrogen) atoms. The highest BCUT2D eigenvalue weighted by molar-refractivity contribution is 6.30. The molecule has 0 bridgehead atoms. The Labute approximate surface area is 152 Å². The number of hydrogen-bond donors (Lipinski definition) is 3. The largest absolute Gasteiger partial charge is 0.376 e. The Hall–Kier alpha value is -2.53.